The predicted octanol–water partition coefficient (Wildman–Crippen LogP) is 4.58. The molecule has 4 rings (SSSR count). The molecule has 0 unspecified atom stereocenters. The molecular formula is C20H19BrN2O3S2. The van der Waals surface area contributed by atoms with Crippen molar-refractivity contribution >= 4 is 55.0 Å². The molecular weight excluding hydrogens is 460 g/mol. The molecule has 0 radical (unpaired) electrons. The molecule has 1 aliphatic heterocycles. The quantitative estimate of drug-likeness (QED) is 0.311. The maximum Gasteiger partial charge on any atom is 0.262 e. The number of Topliss-reactive ketones (excluding diaryl/α,β-unsaturated/α-hetero) is 1. The van der Waals surface area contributed by atoms with E-state index >= 15 is 0 Å². The van der Waals surface area contributed by atoms with E-state index in [2.05, 4.69) is 15.9 Å². The van der Waals surface area contributed by atoms with Crippen molar-refractivity contribution < 1.29 is 9.53 Å². The summed E-state index contributed by atoms with van der Waals surface area (Å²) in [5.74, 6) is 0.238. The lowest BCUT2D eigenvalue weighted by atomic mass is 9.94. The maximum atomic E-state index is 13.0. The Bertz CT molecular complexity index is 1130. The third-order valence-electron chi connectivity index (χ3n) is 4.77. The molecule has 0 amide bonds. The SMILES string of the molecule is Cn1c(SCC(=O)c2ccc(Br)cc2)nc2sc3c(c2c1=O)CC(C)(C)OC3. The van der Waals surface area contributed by atoms with Gasteiger partial charge in [0, 0.05) is 28.4 Å². The summed E-state index contributed by atoms with van der Waals surface area (Å²) in [6.45, 7) is 4.58. The number of ether oxygens (including phenoxy) is 1. The number of thiophene rings is 1. The zero-order valence-electron chi connectivity index (χ0n) is 15.7. The van der Waals surface area contributed by atoms with Crippen molar-refractivity contribution in [1.29, 1.82) is 0 Å². The van der Waals surface area contributed by atoms with E-state index in [1.165, 1.54) is 23.1 Å². The third kappa shape index (κ3) is 3.70. The summed E-state index contributed by atoms with van der Waals surface area (Å²) in [4.78, 5) is 32.0. The number of benzene rings is 1. The van der Waals surface area contributed by atoms with Crippen LogP contribution >= 0.6 is 39.0 Å². The van der Waals surface area contributed by atoms with Crippen molar-refractivity contribution in [1.82, 2.24) is 9.55 Å². The fourth-order valence-corrected chi connectivity index (χ4v) is 5.51. The number of carbonyl (C=O) groups excluding carboxylic acids is 1. The van der Waals surface area contributed by atoms with E-state index in [1.54, 1.807) is 23.7 Å². The molecule has 1 aromatic carbocycles. The Morgan fingerprint density at radius 3 is 2.79 bits per heavy atom. The van der Waals surface area contributed by atoms with E-state index in [1.807, 2.05) is 26.0 Å². The number of aromatic nitrogens is 2. The Labute approximate surface area is 179 Å². The molecule has 0 saturated carbocycles. The number of hydrogen-bond acceptors (Lipinski definition) is 6. The van der Waals surface area contributed by atoms with Crippen LogP contribution < -0.4 is 5.56 Å². The molecule has 3 aromatic rings. The number of nitrogens with zero attached hydrogens (tertiary/aromatic N) is 2. The van der Waals surface area contributed by atoms with Crippen LogP contribution in [0.2, 0.25) is 0 Å². The third-order valence-corrected chi connectivity index (χ3v) is 7.43. The molecule has 0 saturated heterocycles. The average molecular weight is 479 g/mol. The van der Waals surface area contributed by atoms with Gasteiger partial charge < -0.3 is 4.74 Å². The molecule has 0 bridgehead atoms. The molecule has 0 aliphatic carbocycles. The summed E-state index contributed by atoms with van der Waals surface area (Å²) in [6.07, 6.45) is 0.702. The molecule has 8 heteroatoms. The number of fused-ring (bicyclic) bond motifs is 3. The van der Waals surface area contributed by atoms with Gasteiger partial charge in [-0.2, -0.15) is 0 Å². The highest BCUT2D eigenvalue weighted by Gasteiger charge is 2.31. The smallest absolute Gasteiger partial charge is 0.262 e. The second-order valence-electron chi connectivity index (χ2n) is 7.39. The van der Waals surface area contributed by atoms with Crippen LogP contribution in [0.15, 0.2) is 38.7 Å². The molecule has 28 heavy (non-hydrogen) atoms. The van der Waals surface area contributed by atoms with Crippen molar-refractivity contribution in [3.8, 4) is 0 Å². The number of rotatable bonds is 4. The molecule has 2 aromatic heterocycles. The van der Waals surface area contributed by atoms with Crippen molar-refractivity contribution in [2.75, 3.05) is 5.75 Å². The van der Waals surface area contributed by atoms with E-state index in [0.717, 1.165) is 19.7 Å². The average Bonchev–Trinajstić information content (AvgIpc) is 3.00. The van der Waals surface area contributed by atoms with Gasteiger partial charge >= 0.3 is 0 Å². The minimum absolute atomic E-state index is 0.00692. The van der Waals surface area contributed by atoms with Crippen LogP contribution in [-0.2, 0) is 24.8 Å². The maximum absolute atomic E-state index is 13.0. The first-order valence-electron chi connectivity index (χ1n) is 8.82. The normalized spacial score (nSPS) is 15.6. The molecule has 146 valence electrons. The highest BCUT2D eigenvalue weighted by molar-refractivity contribution is 9.10. The number of hydrogen-bond donors (Lipinski definition) is 0. The highest BCUT2D eigenvalue weighted by atomic mass is 79.9. The first kappa shape index (κ1) is 19.8. The number of thioether (sulfide) groups is 1. The van der Waals surface area contributed by atoms with Gasteiger partial charge in [0.1, 0.15) is 4.83 Å². The van der Waals surface area contributed by atoms with E-state index < -0.39 is 0 Å². The Morgan fingerprint density at radius 2 is 2.07 bits per heavy atom. The Morgan fingerprint density at radius 1 is 1.36 bits per heavy atom. The second kappa shape index (κ2) is 7.40. The van der Waals surface area contributed by atoms with E-state index in [-0.39, 0.29) is 22.7 Å². The van der Waals surface area contributed by atoms with E-state index in [4.69, 9.17) is 9.72 Å². The van der Waals surface area contributed by atoms with Gasteiger partial charge in [0.25, 0.3) is 5.56 Å². The first-order chi connectivity index (χ1) is 13.2. The molecule has 5 nitrogen and oxygen atoms in total. The lowest BCUT2D eigenvalue weighted by Gasteiger charge is -2.29. The van der Waals surface area contributed by atoms with Gasteiger partial charge in [0.2, 0.25) is 0 Å². The standard InChI is InChI=1S/C20H19BrN2O3S2/c1-20(2)8-13-15(9-26-20)28-17-16(13)18(25)23(3)19(22-17)27-10-14(24)11-4-6-12(21)7-5-11/h4-7H,8-10H2,1-3H3. The number of ketones is 1. The Hall–Kier alpha value is -1.48. The summed E-state index contributed by atoms with van der Waals surface area (Å²) in [5.41, 5.74) is 1.37. The van der Waals surface area contributed by atoms with Crippen LogP contribution in [0, 0.1) is 0 Å². The second-order valence-corrected chi connectivity index (χ2v) is 10.3. The van der Waals surface area contributed by atoms with Gasteiger partial charge in [-0.15, -0.1) is 11.3 Å². The van der Waals surface area contributed by atoms with Gasteiger partial charge in [-0.3, -0.25) is 14.2 Å². The van der Waals surface area contributed by atoms with Gasteiger partial charge in [-0.1, -0.05) is 39.8 Å². The fourth-order valence-electron chi connectivity index (χ4n) is 3.23. The van der Waals surface area contributed by atoms with Crippen LogP contribution in [0.4, 0.5) is 0 Å². The van der Waals surface area contributed by atoms with Gasteiger partial charge in [0.05, 0.1) is 23.3 Å². The van der Waals surface area contributed by atoms with Gasteiger partial charge in [-0.05, 0) is 31.5 Å². The van der Waals surface area contributed by atoms with Crippen molar-refractivity contribution in [2.24, 2.45) is 7.05 Å². The monoisotopic (exact) mass is 478 g/mol. The summed E-state index contributed by atoms with van der Waals surface area (Å²) in [6, 6.07) is 7.27. The summed E-state index contributed by atoms with van der Waals surface area (Å²) in [5, 5.41) is 1.25. The number of carbonyl (C=O) groups is 1. The van der Waals surface area contributed by atoms with Crippen molar-refractivity contribution in [3.05, 3.63) is 55.1 Å². The van der Waals surface area contributed by atoms with E-state index in [0.29, 0.717) is 29.1 Å². The minimum Gasteiger partial charge on any atom is -0.370 e. The van der Waals surface area contributed by atoms with E-state index in [9.17, 15) is 9.59 Å². The minimum atomic E-state index is -0.281. The lowest BCUT2D eigenvalue weighted by molar-refractivity contribution is -0.0379. The zero-order chi connectivity index (χ0) is 20.1. The highest BCUT2D eigenvalue weighted by Crippen LogP contribution is 2.37. The van der Waals surface area contributed by atoms with Crippen LogP contribution in [-0.4, -0.2) is 26.7 Å². The summed E-state index contributed by atoms with van der Waals surface area (Å²) >= 11 is 6.18. The topological polar surface area (TPSA) is 61.2 Å². The molecule has 0 N–H and O–H groups in total. The molecule has 0 fully saturated rings. The lowest BCUT2D eigenvalue weighted by Crippen LogP contribution is -2.32. The first-order valence-corrected chi connectivity index (χ1v) is 11.4. The molecule has 3 heterocycles. The van der Waals surface area contributed by atoms with Crippen LogP contribution in [0.25, 0.3) is 10.2 Å². The van der Waals surface area contributed by atoms with Gasteiger partial charge in [-0.25, -0.2) is 4.98 Å². The summed E-state index contributed by atoms with van der Waals surface area (Å²) < 4.78 is 8.36. The van der Waals surface area contributed by atoms with Crippen LogP contribution in [0.3, 0.4) is 0 Å². The molecule has 0 atom stereocenters. The largest absolute Gasteiger partial charge is 0.370 e. The van der Waals surface area contributed by atoms with Crippen LogP contribution in [0.1, 0.15) is 34.6 Å². The van der Waals surface area contributed by atoms with Crippen molar-refractivity contribution in [2.45, 2.75) is 37.6 Å². The van der Waals surface area contributed by atoms with Crippen LogP contribution in [0.5, 0.6) is 0 Å². The summed E-state index contributed by atoms with van der Waals surface area (Å²) in [7, 11) is 1.72. The predicted molar refractivity (Wildman–Crippen MR) is 117 cm³/mol. The van der Waals surface area contributed by atoms with Crippen molar-refractivity contribution in [3.63, 3.8) is 0 Å². The fraction of sp³-hybridized carbons (Fsp3) is 0.350. The van der Waals surface area contributed by atoms with Gasteiger partial charge in [0.15, 0.2) is 10.9 Å². The zero-order valence-corrected chi connectivity index (χ0v) is 19.0. The Balaban J connectivity index is 1.64. The molecule has 0 spiro atoms. The molecule has 1 aliphatic rings. The number of halogens is 1. The Kier molecular flexibility index (Phi) is 5.24.